The van der Waals surface area contributed by atoms with Crippen LogP contribution in [0, 0.1) is 0 Å². The number of nitrogens with zero attached hydrogens (tertiary/aromatic N) is 3. The predicted octanol–water partition coefficient (Wildman–Crippen LogP) is 10.0. The second-order valence-electron chi connectivity index (χ2n) is 12.0. The van der Waals surface area contributed by atoms with Crippen LogP contribution < -0.4 is 5.32 Å². The van der Waals surface area contributed by atoms with Crippen LogP contribution in [0.3, 0.4) is 0 Å². The van der Waals surface area contributed by atoms with Gasteiger partial charge in [-0.1, -0.05) is 87.4 Å². The smallest absolute Gasteiger partial charge is 0.310 e. The van der Waals surface area contributed by atoms with Gasteiger partial charge in [0.05, 0.1) is 18.4 Å². The Hall–Kier alpha value is -5.30. The van der Waals surface area contributed by atoms with Gasteiger partial charge in [0, 0.05) is 48.1 Å². The van der Waals surface area contributed by atoms with Crippen molar-refractivity contribution >= 4 is 39.0 Å². The molecule has 5 rings (SSSR count). The number of benzene rings is 3. The van der Waals surface area contributed by atoms with E-state index in [1.165, 1.54) is 48.3 Å². The lowest BCUT2D eigenvalue weighted by atomic mass is 10.0. The van der Waals surface area contributed by atoms with Gasteiger partial charge in [-0.3, -0.25) is 14.6 Å². The van der Waals surface area contributed by atoms with E-state index in [1.54, 1.807) is 0 Å². The van der Waals surface area contributed by atoms with Crippen LogP contribution >= 0.6 is 10.2 Å². The Kier molecular flexibility index (Phi) is 11.9. The number of Topliss-reactive ketones (excluding diaryl/α,β-unsaturated/α-hetero) is 1. The number of fused-ring (bicyclic) bond motifs is 1. The fourth-order valence-electron chi connectivity index (χ4n) is 5.10. The quantitative estimate of drug-likeness (QED) is 0.0415. The molecule has 0 unspecified atom stereocenters. The summed E-state index contributed by atoms with van der Waals surface area (Å²) in [6, 6.07) is 23.9. The number of aryl methyl sites for hydroxylation is 1. The van der Waals surface area contributed by atoms with Crippen molar-refractivity contribution in [3.05, 3.63) is 132 Å². The molecule has 0 atom stereocenters. The fourth-order valence-corrected chi connectivity index (χ4v) is 5.75. The molecule has 13 heteroatoms. The summed E-state index contributed by atoms with van der Waals surface area (Å²) >= 11 is 0. The maximum absolute atomic E-state index is 13.1. The molecule has 2 N–H and O–H groups in total. The van der Waals surface area contributed by atoms with E-state index in [4.69, 9.17) is 0 Å². The standard InChI is InChI=1S/C27H26F5N3O2S.C11H14N2/c1-20(37)18-35(2)27(24-12-14-26(15-13-24)38(28,29,30,31)32)34-17-25(19-36)33-16-21-8-10-23(11-9-21)22-6-4-3-5-7-22;1-2-3-4-10-7-9-8-12-6-5-11(9)13-10/h3-15,17,19,33H,16,18H2,1-2H3;5-8,13H,2-4H2,1H3/b25-17+,34-27?;. The van der Waals surface area contributed by atoms with Crippen LogP contribution in [0.5, 0.6) is 0 Å². The summed E-state index contributed by atoms with van der Waals surface area (Å²) in [5.41, 5.74) is 5.60. The van der Waals surface area contributed by atoms with Gasteiger partial charge in [0.25, 0.3) is 0 Å². The minimum Gasteiger partial charge on any atom is -0.377 e. The number of aliphatic imine (C=N–C) groups is 1. The van der Waals surface area contributed by atoms with Gasteiger partial charge < -0.3 is 15.2 Å². The third kappa shape index (κ3) is 11.6. The van der Waals surface area contributed by atoms with Crippen molar-refractivity contribution in [3.8, 4) is 11.1 Å². The topological polar surface area (TPSA) is 90.4 Å². The minimum absolute atomic E-state index is 0.0160. The van der Waals surface area contributed by atoms with Crippen molar-refractivity contribution in [3.63, 3.8) is 0 Å². The average molecular weight is 726 g/mol. The van der Waals surface area contributed by atoms with E-state index in [0.717, 1.165) is 41.4 Å². The molecule has 0 aliphatic heterocycles. The molecule has 0 fully saturated rings. The number of carbonyl (C=O) groups is 2. The molecule has 0 aliphatic carbocycles. The highest BCUT2D eigenvalue weighted by atomic mass is 32.5. The summed E-state index contributed by atoms with van der Waals surface area (Å²) in [5, 5.41) is 4.14. The number of hydrogen-bond acceptors (Lipinski definition) is 5. The SMILES string of the molecule is CC(=O)CN(C)C(=N/C=C(\C=O)NCc1ccc(-c2ccccc2)cc1)c1ccc(S(F)(F)(F)(F)F)cc1.CCCCc1cc2cnccc2[nH]1. The summed E-state index contributed by atoms with van der Waals surface area (Å²) in [7, 11) is -8.38. The van der Waals surface area contributed by atoms with Gasteiger partial charge in [-0.25, -0.2) is 4.99 Å². The number of allylic oxidation sites excluding steroid dienone is 1. The molecular formula is C38H40F5N5O2S. The molecule has 270 valence electrons. The van der Waals surface area contributed by atoms with Gasteiger partial charge >= 0.3 is 10.2 Å². The number of likely N-dealkylation sites (N-methyl/N-ethyl adjacent to an activating group) is 1. The van der Waals surface area contributed by atoms with Gasteiger partial charge in [0.15, 0.2) is 6.29 Å². The maximum atomic E-state index is 13.1. The predicted molar refractivity (Wildman–Crippen MR) is 195 cm³/mol. The molecule has 0 saturated carbocycles. The molecule has 0 spiro atoms. The Bertz CT molecular complexity index is 1960. The first-order valence-electron chi connectivity index (χ1n) is 16.1. The van der Waals surface area contributed by atoms with Crippen LogP contribution in [0.25, 0.3) is 22.0 Å². The van der Waals surface area contributed by atoms with Gasteiger partial charge in [-0.15, -0.1) is 0 Å². The number of nitrogens with one attached hydrogen (secondary N) is 2. The van der Waals surface area contributed by atoms with Gasteiger partial charge in [0.1, 0.15) is 16.5 Å². The molecular weight excluding hydrogens is 686 g/mol. The van der Waals surface area contributed by atoms with Crippen molar-refractivity contribution in [2.45, 2.75) is 44.6 Å². The van der Waals surface area contributed by atoms with Gasteiger partial charge in [-0.2, -0.15) is 0 Å². The molecule has 2 heterocycles. The van der Waals surface area contributed by atoms with Crippen molar-refractivity contribution < 1.29 is 29.0 Å². The van der Waals surface area contributed by atoms with Crippen molar-refractivity contribution in [1.29, 1.82) is 0 Å². The van der Waals surface area contributed by atoms with Crippen LogP contribution in [0.2, 0.25) is 0 Å². The number of aromatic amines is 1. The number of aldehydes is 1. The van der Waals surface area contributed by atoms with Crippen LogP contribution in [0.1, 0.15) is 43.5 Å². The lowest BCUT2D eigenvalue weighted by Gasteiger charge is -2.40. The fraction of sp³-hybridized carbons (Fsp3) is 0.211. The number of rotatable bonds is 13. The first kappa shape index (κ1) is 38.5. The van der Waals surface area contributed by atoms with E-state index in [9.17, 15) is 29.0 Å². The Labute approximate surface area is 294 Å². The summed E-state index contributed by atoms with van der Waals surface area (Å²) in [5.74, 6) is -0.247. The van der Waals surface area contributed by atoms with Crippen molar-refractivity contribution in [1.82, 2.24) is 20.2 Å². The Morgan fingerprint density at radius 1 is 0.941 bits per heavy atom. The average Bonchev–Trinajstić information content (AvgIpc) is 3.52. The Morgan fingerprint density at radius 2 is 1.61 bits per heavy atom. The first-order chi connectivity index (χ1) is 24.1. The first-order valence-corrected chi connectivity index (χ1v) is 18.1. The summed E-state index contributed by atoms with van der Waals surface area (Å²) < 4.78 is 65.5. The molecule has 5 aromatic rings. The Morgan fingerprint density at radius 3 is 2.20 bits per heavy atom. The highest BCUT2D eigenvalue weighted by Crippen LogP contribution is 3.02. The number of halogens is 5. The third-order valence-electron chi connectivity index (χ3n) is 7.67. The number of aromatic nitrogens is 2. The maximum Gasteiger partial charge on any atom is 0.310 e. The number of pyridine rings is 1. The van der Waals surface area contributed by atoms with E-state index < -0.39 is 15.1 Å². The summed E-state index contributed by atoms with van der Waals surface area (Å²) in [6.45, 7) is 3.66. The number of amidine groups is 1. The van der Waals surface area contributed by atoms with Crippen molar-refractivity contribution in [2.24, 2.45) is 4.99 Å². The summed E-state index contributed by atoms with van der Waals surface area (Å²) in [6.07, 6.45) is 9.04. The number of unbranched alkanes of at least 4 members (excludes halogenated alkanes) is 1. The summed E-state index contributed by atoms with van der Waals surface area (Å²) in [4.78, 5) is 34.2. The molecule has 0 bridgehead atoms. The number of H-pyrrole nitrogens is 1. The van der Waals surface area contributed by atoms with Crippen LogP contribution in [0.4, 0.5) is 19.4 Å². The molecule has 0 radical (unpaired) electrons. The highest BCUT2D eigenvalue weighted by molar-refractivity contribution is 8.45. The molecule has 0 aliphatic rings. The second kappa shape index (κ2) is 15.7. The highest BCUT2D eigenvalue weighted by Gasteiger charge is 2.65. The number of ketones is 1. The van der Waals surface area contributed by atoms with E-state index in [1.807, 2.05) is 73.1 Å². The molecule has 3 aromatic carbocycles. The van der Waals surface area contributed by atoms with Crippen LogP contribution in [-0.4, -0.2) is 46.4 Å². The zero-order chi connectivity index (χ0) is 37.1. The molecule has 0 amide bonds. The molecule has 0 saturated heterocycles. The van der Waals surface area contributed by atoms with E-state index >= 15 is 0 Å². The lowest BCUT2D eigenvalue weighted by Crippen LogP contribution is -2.32. The normalized spacial score (nSPS) is 13.4. The minimum atomic E-state index is -9.84. The molecule has 7 nitrogen and oxygen atoms in total. The van der Waals surface area contributed by atoms with Crippen molar-refractivity contribution in [2.75, 3.05) is 13.6 Å². The van der Waals surface area contributed by atoms with Crippen LogP contribution in [-0.2, 0) is 22.6 Å². The van der Waals surface area contributed by atoms with Gasteiger partial charge in [-0.05, 0) is 72.9 Å². The number of hydrogen-bond donors (Lipinski definition) is 2. The monoisotopic (exact) mass is 725 g/mol. The van der Waals surface area contributed by atoms with Gasteiger partial charge in [0.2, 0.25) is 0 Å². The zero-order valence-corrected chi connectivity index (χ0v) is 29.3. The van der Waals surface area contributed by atoms with E-state index in [2.05, 4.69) is 33.3 Å². The van der Waals surface area contributed by atoms with E-state index in [-0.39, 0.29) is 48.1 Å². The van der Waals surface area contributed by atoms with E-state index in [0.29, 0.717) is 6.29 Å². The molecule has 2 aromatic heterocycles. The van der Waals surface area contributed by atoms with Crippen LogP contribution in [0.15, 0.2) is 125 Å². The largest absolute Gasteiger partial charge is 0.377 e. The molecule has 51 heavy (non-hydrogen) atoms. The third-order valence-corrected chi connectivity index (χ3v) is 8.83. The number of carbonyl (C=O) groups excluding carboxylic acids is 2. The lowest BCUT2D eigenvalue weighted by molar-refractivity contribution is -0.117. The zero-order valence-electron chi connectivity index (χ0n) is 28.5. The Balaban J connectivity index is 0.000000372. The second-order valence-corrected chi connectivity index (χ2v) is 14.4.